The van der Waals surface area contributed by atoms with E-state index >= 15 is 0 Å². The zero-order valence-electron chi connectivity index (χ0n) is 21.5. The Balaban J connectivity index is 4.05. The van der Waals surface area contributed by atoms with Crippen molar-refractivity contribution in [3.63, 3.8) is 0 Å². The normalized spacial score (nSPS) is 15.8. The van der Waals surface area contributed by atoms with Gasteiger partial charge in [0.05, 0.1) is 25.2 Å². The predicted octanol–water partition coefficient (Wildman–Crippen LogP) is 5.05. The molecule has 4 N–H and O–H groups in total. The van der Waals surface area contributed by atoms with Crippen LogP contribution >= 0.6 is 0 Å². The summed E-state index contributed by atoms with van der Waals surface area (Å²) in [6, 6.07) is 0. The van der Waals surface area contributed by atoms with Crippen LogP contribution in [0.25, 0.3) is 0 Å². The Labute approximate surface area is 197 Å². The van der Waals surface area contributed by atoms with Gasteiger partial charge in [-0.1, -0.05) is 84.3 Å². The number of allylic oxidation sites excluding steroid dienone is 2. The van der Waals surface area contributed by atoms with Crippen LogP contribution in [-0.2, 0) is 4.79 Å². The van der Waals surface area contributed by atoms with Crippen LogP contribution in [-0.4, -0.2) is 52.1 Å². The molecule has 0 aliphatic carbocycles. The number of carbonyl (C=O) groups excluding carboxylic acids is 1. The molecule has 0 saturated carbocycles. The van der Waals surface area contributed by atoms with Crippen molar-refractivity contribution in [2.24, 2.45) is 23.2 Å². The summed E-state index contributed by atoms with van der Waals surface area (Å²) in [7, 11) is 0. The Morgan fingerprint density at radius 3 is 1.72 bits per heavy atom. The summed E-state index contributed by atoms with van der Waals surface area (Å²) in [5.41, 5.74) is -0.325. The highest BCUT2D eigenvalue weighted by atomic mass is 16.3. The average molecular weight is 457 g/mol. The van der Waals surface area contributed by atoms with E-state index in [1.807, 2.05) is 6.08 Å². The number of hydrogen-bond acceptors (Lipinski definition) is 5. The lowest BCUT2D eigenvalue weighted by atomic mass is 9.81. The summed E-state index contributed by atoms with van der Waals surface area (Å²) in [6.07, 6.45) is 12.5. The second kappa shape index (κ2) is 17.7. The van der Waals surface area contributed by atoms with Gasteiger partial charge in [-0.05, 0) is 43.9 Å². The van der Waals surface area contributed by atoms with E-state index in [1.54, 1.807) is 0 Å². The van der Waals surface area contributed by atoms with Crippen LogP contribution in [0.15, 0.2) is 11.6 Å². The molecule has 0 aromatic heterocycles. The van der Waals surface area contributed by atoms with Crippen molar-refractivity contribution in [1.82, 2.24) is 0 Å². The maximum Gasteiger partial charge on any atom is 0.162 e. The van der Waals surface area contributed by atoms with Gasteiger partial charge in [0.25, 0.3) is 0 Å². The van der Waals surface area contributed by atoms with Crippen molar-refractivity contribution in [3.8, 4) is 0 Å². The second-order valence-corrected chi connectivity index (χ2v) is 10.7. The predicted molar refractivity (Wildman–Crippen MR) is 132 cm³/mol. The molecule has 5 nitrogen and oxygen atoms in total. The first-order valence-electron chi connectivity index (χ1n) is 12.8. The SMILES string of the molecule is CC(=CCCC(=O)C(O)C(CO)(CO)CO)CCCC(C)CCCC(C)CCCC(C)C. The number of aliphatic hydroxyl groups excluding tert-OH is 4. The van der Waals surface area contributed by atoms with Gasteiger partial charge in [-0.3, -0.25) is 4.79 Å². The Morgan fingerprint density at radius 1 is 0.781 bits per heavy atom. The van der Waals surface area contributed by atoms with E-state index in [4.69, 9.17) is 0 Å². The minimum Gasteiger partial charge on any atom is -0.395 e. The first kappa shape index (κ1) is 31.2. The number of rotatable bonds is 20. The van der Waals surface area contributed by atoms with Crippen LogP contribution in [0.3, 0.4) is 0 Å². The van der Waals surface area contributed by atoms with E-state index in [-0.39, 0.29) is 6.42 Å². The monoisotopic (exact) mass is 456 g/mol. The summed E-state index contributed by atoms with van der Waals surface area (Å²) in [5, 5.41) is 38.1. The maximum absolute atomic E-state index is 12.2. The van der Waals surface area contributed by atoms with Gasteiger partial charge in [0.2, 0.25) is 0 Å². The van der Waals surface area contributed by atoms with Crippen LogP contribution in [0.2, 0.25) is 0 Å². The molecule has 3 atom stereocenters. The summed E-state index contributed by atoms with van der Waals surface area (Å²) in [5.74, 6) is 1.93. The summed E-state index contributed by atoms with van der Waals surface area (Å²) >= 11 is 0. The fourth-order valence-corrected chi connectivity index (χ4v) is 4.16. The topological polar surface area (TPSA) is 98.0 Å². The van der Waals surface area contributed by atoms with Gasteiger partial charge < -0.3 is 20.4 Å². The van der Waals surface area contributed by atoms with Crippen molar-refractivity contribution in [3.05, 3.63) is 11.6 Å². The largest absolute Gasteiger partial charge is 0.395 e. The highest BCUT2D eigenvalue weighted by Gasteiger charge is 2.40. The van der Waals surface area contributed by atoms with Crippen LogP contribution < -0.4 is 0 Å². The standard InChI is InChI=1S/C27H52O5/c1-21(2)10-6-11-22(3)12-7-13-23(4)14-8-15-24(5)16-9-17-25(31)26(32)27(18-28,19-29)20-30/h16,21-23,26,28-30,32H,6-15,17-20H2,1-5H3. The highest BCUT2D eigenvalue weighted by molar-refractivity contribution is 5.83. The molecule has 0 aliphatic heterocycles. The maximum atomic E-state index is 12.2. The molecule has 190 valence electrons. The summed E-state index contributed by atoms with van der Waals surface area (Å²) in [4.78, 5) is 12.2. The molecule has 0 aromatic rings. The third kappa shape index (κ3) is 13.1. The van der Waals surface area contributed by atoms with Crippen molar-refractivity contribution in [1.29, 1.82) is 0 Å². The zero-order chi connectivity index (χ0) is 24.6. The van der Waals surface area contributed by atoms with E-state index in [2.05, 4.69) is 34.6 Å². The molecular weight excluding hydrogens is 404 g/mol. The fraction of sp³-hybridized carbons (Fsp3) is 0.889. The van der Waals surface area contributed by atoms with Gasteiger partial charge in [-0.15, -0.1) is 0 Å². The lowest BCUT2D eigenvalue weighted by Gasteiger charge is -2.31. The van der Waals surface area contributed by atoms with E-state index in [0.717, 1.165) is 30.6 Å². The van der Waals surface area contributed by atoms with E-state index < -0.39 is 37.1 Å². The van der Waals surface area contributed by atoms with Crippen molar-refractivity contribution in [2.45, 2.75) is 111 Å². The van der Waals surface area contributed by atoms with Crippen LogP contribution in [0.4, 0.5) is 0 Å². The lowest BCUT2D eigenvalue weighted by Crippen LogP contribution is -2.49. The zero-order valence-corrected chi connectivity index (χ0v) is 21.5. The van der Waals surface area contributed by atoms with Crippen LogP contribution in [0.1, 0.15) is 105 Å². The Bertz CT molecular complexity index is 502. The molecule has 0 fully saturated rings. The molecule has 0 saturated heterocycles. The molecule has 3 unspecified atom stereocenters. The van der Waals surface area contributed by atoms with E-state index in [0.29, 0.717) is 6.42 Å². The molecule has 0 heterocycles. The average Bonchev–Trinajstić information content (AvgIpc) is 2.74. The summed E-state index contributed by atoms with van der Waals surface area (Å²) < 4.78 is 0. The van der Waals surface area contributed by atoms with Gasteiger partial charge in [-0.2, -0.15) is 0 Å². The number of Topliss-reactive ketones (excluding diaryl/α,β-unsaturated/α-hetero) is 1. The smallest absolute Gasteiger partial charge is 0.162 e. The number of hydrogen-bond donors (Lipinski definition) is 4. The Kier molecular flexibility index (Phi) is 17.3. The van der Waals surface area contributed by atoms with Gasteiger partial charge in [0.1, 0.15) is 6.10 Å². The molecule has 0 aliphatic rings. The number of ketones is 1. The minimum absolute atomic E-state index is 0.131. The molecule has 0 radical (unpaired) electrons. The van der Waals surface area contributed by atoms with Gasteiger partial charge in [-0.25, -0.2) is 0 Å². The van der Waals surface area contributed by atoms with Gasteiger partial charge in [0.15, 0.2) is 5.78 Å². The van der Waals surface area contributed by atoms with E-state index in [1.165, 1.54) is 50.5 Å². The third-order valence-corrected chi connectivity index (χ3v) is 6.85. The fourth-order valence-electron chi connectivity index (χ4n) is 4.16. The molecule has 0 amide bonds. The molecule has 5 heteroatoms. The van der Waals surface area contributed by atoms with Gasteiger partial charge >= 0.3 is 0 Å². The van der Waals surface area contributed by atoms with Gasteiger partial charge in [0, 0.05) is 6.42 Å². The first-order valence-corrected chi connectivity index (χ1v) is 12.8. The molecule has 0 bridgehead atoms. The highest BCUT2D eigenvalue weighted by Crippen LogP contribution is 2.24. The van der Waals surface area contributed by atoms with Crippen molar-refractivity contribution >= 4 is 5.78 Å². The first-order chi connectivity index (χ1) is 15.1. The summed E-state index contributed by atoms with van der Waals surface area (Å²) in [6.45, 7) is 9.48. The van der Waals surface area contributed by atoms with Crippen molar-refractivity contribution in [2.75, 3.05) is 19.8 Å². The Morgan fingerprint density at radius 2 is 1.25 bits per heavy atom. The Hall–Kier alpha value is -0.750. The number of aliphatic hydroxyl groups is 4. The van der Waals surface area contributed by atoms with Crippen LogP contribution in [0, 0.1) is 23.2 Å². The lowest BCUT2D eigenvalue weighted by molar-refractivity contribution is -0.144. The molecule has 0 aromatic carbocycles. The second-order valence-electron chi connectivity index (χ2n) is 10.7. The molecule has 0 rings (SSSR count). The molecular formula is C27H52O5. The van der Waals surface area contributed by atoms with E-state index in [9.17, 15) is 25.2 Å². The quantitative estimate of drug-likeness (QED) is 0.192. The molecule has 0 spiro atoms. The van der Waals surface area contributed by atoms with Crippen molar-refractivity contribution < 1.29 is 25.2 Å². The van der Waals surface area contributed by atoms with Crippen LogP contribution in [0.5, 0.6) is 0 Å². The minimum atomic E-state index is -1.57. The third-order valence-electron chi connectivity index (χ3n) is 6.85. The molecule has 32 heavy (non-hydrogen) atoms. The number of carbonyl (C=O) groups is 1.